The van der Waals surface area contributed by atoms with E-state index in [4.69, 9.17) is 0 Å². The van der Waals surface area contributed by atoms with Crippen molar-refractivity contribution in [3.63, 3.8) is 0 Å². The topological polar surface area (TPSA) is 33.2 Å². The molecule has 104 valence electrons. The molecule has 3 nitrogen and oxygen atoms in total. The molecular formula is C16H17BrN2O. The fraction of sp³-hybridized carbons (Fsp3) is 0.250. The second-order valence-electron chi connectivity index (χ2n) is 4.88. The Labute approximate surface area is 127 Å². The molecule has 0 radical (unpaired) electrons. The van der Waals surface area contributed by atoms with Crippen LogP contribution in [0.1, 0.15) is 29.8 Å². The van der Waals surface area contributed by atoms with Gasteiger partial charge in [0.2, 0.25) is 0 Å². The average molecular weight is 333 g/mol. The molecule has 20 heavy (non-hydrogen) atoms. The minimum Gasteiger partial charge on any atom is -0.332 e. The van der Waals surface area contributed by atoms with Gasteiger partial charge in [-0.05, 0) is 47.5 Å². The Morgan fingerprint density at radius 2 is 1.90 bits per heavy atom. The van der Waals surface area contributed by atoms with Crippen LogP contribution in [0, 0.1) is 0 Å². The highest BCUT2D eigenvalue weighted by Gasteiger charge is 2.19. The molecule has 1 amide bonds. The summed E-state index contributed by atoms with van der Waals surface area (Å²) < 4.78 is 0.730. The number of hydrogen-bond donors (Lipinski definition) is 0. The first-order valence-corrected chi connectivity index (χ1v) is 7.33. The van der Waals surface area contributed by atoms with Gasteiger partial charge in [0, 0.05) is 18.8 Å². The Balaban J connectivity index is 2.20. The number of carbonyl (C=O) groups excluding carboxylic acids is 1. The standard InChI is InChI=1S/C16H17BrN2O/c1-12(2)19(11-13-6-4-3-5-7-13)16(20)14-8-9-15(17)18-10-14/h3-10,12H,11H2,1-2H3. The number of amides is 1. The van der Waals surface area contributed by atoms with E-state index < -0.39 is 0 Å². The highest BCUT2D eigenvalue weighted by atomic mass is 79.9. The molecule has 2 rings (SSSR count). The van der Waals surface area contributed by atoms with Gasteiger partial charge in [-0.25, -0.2) is 4.98 Å². The van der Waals surface area contributed by atoms with Crippen molar-refractivity contribution < 1.29 is 4.79 Å². The van der Waals surface area contributed by atoms with Crippen molar-refractivity contribution in [2.75, 3.05) is 0 Å². The Bertz CT molecular complexity index is 567. The predicted molar refractivity (Wildman–Crippen MR) is 83.4 cm³/mol. The summed E-state index contributed by atoms with van der Waals surface area (Å²) >= 11 is 3.28. The monoisotopic (exact) mass is 332 g/mol. The molecule has 0 aliphatic heterocycles. The molecule has 1 heterocycles. The van der Waals surface area contributed by atoms with Gasteiger partial charge >= 0.3 is 0 Å². The van der Waals surface area contributed by atoms with Crippen LogP contribution in [0.3, 0.4) is 0 Å². The van der Waals surface area contributed by atoms with E-state index in [0.29, 0.717) is 12.1 Å². The van der Waals surface area contributed by atoms with Crippen molar-refractivity contribution in [2.24, 2.45) is 0 Å². The van der Waals surface area contributed by atoms with Crippen molar-refractivity contribution in [1.29, 1.82) is 0 Å². The summed E-state index contributed by atoms with van der Waals surface area (Å²) in [6.07, 6.45) is 1.60. The lowest BCUT2D eigenvalue weighted by atomic mass is 10.1. The van der Waals surface area contributed by atoms with Crippen LogP contribution in [0.4, 0.5) is 0 Å². The van der Waals surface area contributed by atoms with Crippen molar-refractivity contribution in [1.82, 2.24) is 9.88 Å². The number of nitrogens with zero attached hydrogens (tertiary/aromatic N) is 2. The molecule has 2 aromatic rings. The van der Waals surface area contributed by atoms with E-state index in [1.165, 1.54) is 0 Å². The number of rotatable bonds is 4. The number of carbonyl (C=O) groups is 1. The van der Waals surface area contributed by atoms with E-state index in [1.807, 2.05) is 49.1 Å². The first-order chi connectivity index (χ1) is 9.58. The van der Waals surface area contributed by atoms with Crippen molar-refractivity contribution in [2.45, 2.75) is 26.4 Å². The van der Waals surface area contributed by atoms with Crippen molar-refractivity contribution in [3.8, 4) is 0 Å². The van der Waals surface area contributed by atoms with Crippen molar-refractivity contribution in [3.05, 3.63) is 64.4 Å². The zero-order chi connectivity index (χ0) is 14.5. The third kappa shape index (κ3) is 3.67. The first kappa shape index (κ1) is 14.7. The van der Waals surface area contributed by atoms with Crippen LogP contribution in [0.5, 0.6) is 0 Å². The van der Waals surface area contributed by atoms with Gasteiger partial charge in [0.25, 0.3) is 5.91 Å². The van der Waals surface area contributed by atoms with E-state index in [0.717, 1.165) is 10.2 Å². The Morgan fingerprint density at radius 1 is 1.20 bits per heavy atom. The van der Waals surface area contributed by atoms with Gasteiger partial charge in [0.1, 0.15) is 4.60 Å². The molecule has 0 aliphatic carbocycles. The summed E-state index contributed by atoms with van der Waals surface area (Å²) in [4.78, 5) is 18.5. The molecule has 0 atom stereocenters. The molecule has 0 unspecified atom stereocenters. The van der Waals surface area contributed by atoms with Crippen LogP contribution in [-0.4, -0.2) is 21.8 Å². The van der Waals surface area contributed by atoms with Crippen LogP contribution >= 0.6 is 15.9 Å². The van der Waals surface area contributed by atoms with Crippen LogP contribution in [-0.2, 0) is 6.54 Å². The molecule has 1 aromatic carbocycles. The second-order valence-corrected chi connectivity index (χ2v) is 5.69. The molecule has 0 N–H and O–H groups in total. The zero-order valence-electron chi connectivity index (χ0n) is 11.6. The molecule has 0 aliphatic rings. The van der Waals surface area contributed by atoms with E-state index in [2.05, 4.69) is 20.9 Å². The summed E-state index contributed by atoms with van der Waals surface area (Å²) in [5.41, 5.74) is 1.73. The molecule has 0 bridgehead atoms. The third-order valence-electron chi connectivity index (χ3n) is 3.05. The minimum atomic E-state index is 0.00357. The Morgan fingerprint density at radius 3 is 2.45 bits per heavy atom. The van der Waals surface area contributed by atoms with Gasteiger partial charge in [-0.3, -0.25) is 4.79 Å². The highest BCUT2D eigenvalue weighted by Crippen LogP contribution is 2.14. The summed E-state index contributed by atoms with van der Waals surface area (Å²) in [5, 5.41) is 0. The van der Waals surface area contributed by atoms with Gasteiger partial charge in [-0.2, -0.15) is 0 Å². The number of hydrogen-bond acceptors (Lipinski definition) is 2. The maximum absolute atomic E-state index is 12.6. The number of aromatic nitrogens is 1. The minimum absolute atomic E-state index is 0.00357. The van der Waals surface area contributed by atoms with Crippen LogP contribution in [0.2, 0.25) is 0 Å². The Kier molecular flexibility index (Phi) is 4.90. The lowest BCUT2D eigenvalue weighted by Crippen LogP contribution is -2.36. The molecule has 0 fully saturated rings. The van der Waals surface area contributed by atoms with Gasteiger partial charge in [-0.1, -0.05) is 30.3 Å². The van der Waals surface area contributed by atoms with E-state index in [9.17, 15) is 4.79 Å². The quantitative estimate of drug-likeness (QED) is 0.795. The summed E-state index contributed by atoms with van der Waals surface area (Å²) in [6, 6.07) is 13.7. The van der Waals surface area contributed by atoms with Gasteiger partial charge in [-0.15, -0.1) is 0 Å². The van der Waals surface area contributed by atoms with Crippen LogP contribution in [0.25, 0.3) is 0 Å². The number of halogens is 1. The summed E-state index contributed by atoms with van der Waals surface area (Å²) in [7, 11) is 0. The SMILES string of the molecule is CC(C)N(Cc1ccccc1)C(=O)c1ccc(Br)nc1. The molecule has 1 aromatic heterocycles. The lowest BCUT2D eigenvalue weighted by Gasteiger charge is -2.27. The van der Waals surface area contributed by atoms with Gasteiger partial charge in [0.15, 0.2) is 0 Å². The van der Waals surface area contributed by atoms with E-state index >= 15 is 0 Å². The fourth-order valence-corrected chi connectivity index (χ4v) is 2.17. The van der Waals surface area contributed by atoms with Crippen molar-refractivity contribution >= 4 is 21.8 Å². The lowest BCUT2D eigenvalue weighted by molar-refractivity contribution is 0.0690. The molecule has 0 saturated heterocycles. The average Bonchev–Trinajstić information content (AvgIpc) is 2.45. The van der Waals surface area contributed by atoms with Gasteiger partial charge < -0.3 is 4.90 Å². The maximum atomic E-state index is 12.6. The maximum Gasteiger partial charge on any atom is 0.255 e. The first-order valence-electron chi connectivity index (χ1n) is 6.54. The van der Waals surface area contributed by atoms with Crippen LogP contribution in [0.15, 0.2) is 53.3 Å². The predicted octanol–water partition coefficient (Wildman–Crippen LogP) is 3.89. The smallest absolute Gasteiger partial charge is 0.255 e. The Hall–Kier alpha value is -1.68. The zero-order valence-corrected chi connectivity index (χ0v) is 13.2. The highest BCUT2D eigenvalue weighted by molar-refractivity contribution is 9.10. The van der Waals surface area contributed by atoms with E-state index in [-0.39, 0.29) is 11.9 Å². The molecule has 0 spiro atoms. The van der Waals surface area contributed by atoms with Crippen LogP contribution < -0.4 is 0 Å². The van der Waals surface area contributed by atoms with Gasteiger partial charge in [0.05, 0.1) is 5.56 Å². The van der Waals surface area contributed by atoms with E-state index in [1.54, 1.807) is 18.3 Å². The number of benzene rings is 1. The summed E-state index contributed by atoms with van der Waals surface area (Å²) in [6.45, 7) is 4.65. The largest absolute Gasteiger partial charge is 0.332 e. The molecule has 0 saturated carbocycles. The normalized spacial score (nSPS) is 10.6. The third-order valence-corrected chi connectivity index (χ3v) is 3.52. The number of pyridine rings is 1. The molecular weight excluding hydrogens is 316 g/mol. The fourth-order valence-electron chi connectivity index (χ4n) is 1.94. The summed E-state index contributed by atoms with van der Waals surface area (Å²) in [5.74, 6) is 0.00357. The molecule has 4 heteroatoms. The second kappa shape index (κ2) is 6.66.